The third-order valence-corrected chi connectivity index (χ3v) is 3.28. The molecule has 0 aliphatic rings. The fraction of sp³-hybridized carbons (Fsp3) is 0.0556. The summed E-state index contributed by atoms with van der Waals surface area (Å²) in [5.74, 6) is -0.400. The van der Waals surface area contributed by atoms with E-state index in [0.717, 1.165) is 0 Å². The standard InChI is InChI=1S/C18H14F2N4O/c19-13-4-1-3-12(9-13)10-18(25)22-17-8-7-16(23-24-17)21-15-6-2-5-14(20)11-15/h1-9,11H,10H2,(H,21,23)(H,22,24,25). The summed E-state index contributed by atoms with van der Waals surface area (Å²) in [5, 5.41) is 13.3. The zero-order valence-electron chi connectivity index (χ0n) is 13.0. The highest BCUT2D eigenvalue weighted by Crippen LogP contribution is 2.16. The van der Waals surface area contributed by atoms with Crippen LogP contribution in [0.25, 0.3) is 0 Å². The summed E-state index contributed by atoms with van der Waals surface area (Å²) in [5.41, 5.74) is 1.10. The van der Waals surface area contributed by atoms with Crippen LogP contribution < -0.4 is 10.6 Å². The average Bonchev–Trinajstić information content (AvgIpc) is 2.57. The van der Waals surface area contributed by atoms with Crippen molar-refractivity contribution >= 4 is 23.2 Å². The topological polar surface area (TPSA) is 66.9 Å². The average molecular weight is 340 g/mol. The summed E-state index contributed by atoms with van der Waals surface area (Å²) in [6, 6.07) is 14.9. The van der Waals surface area contributed by atoms with E-state index >= 15 is 0 Å². The van der Waals surface area contributed by atoms with E-state index in [2.05, 4.69) is 20.8 Å². The number of carbonyl (C=O) groups is 1. The molecule has 1 amide bonds. The number of hydrogen-bond donors (Lipinski definition) is 2. The summed E-state index contributed by atoms with van der Waals surface area (Å²) >= 11 is 0. The van der Waals surface area contributed by atoms with E-state index in [-0.39, 0.29) is 24.0 Å². The molecular weight excluding hydrogens is 326 g/mol. The second-order valence-corrected chi connectivity index (χ2v) is 5.29. The molecule has 0 aliphatic carbocycles. The predicted molar refractivity (Wildman–Crippen MR) is 90.4 cm³/mol. The minimum Gasteiger partial charge on any atom is -0.339 e. The van der Waals surface area contributed by atoms with Crippen LogP contribution in [0.3, 0.4) is 0 Å². The van der Waals surface area contributed by atoms with Crippen LogP contribution in [0, 0.1) is 11.6 Å². The number of halogens is 2. The van der Waals surface area contributed by atoms with Crippen molar-refractivity contribution in [3.63, 3.8) is 0 Å². The summed E-state index contributed by atoms with van der Waals surface area (Å²) in [4.78, 5) is 11.9. The molecule has 3 rings (SSSR count). The molecule has 1 heterocycles. The van der Waals surface area contributed by atoms with Crippen molar-refractivity contribution in [2.45, 2.75) is 6.42 Å². The maximum absolute atomic E-state index is 13.1. The van der Waals surface area contributed by atoms with Gasteiger partial charge in [-0.05, 0) is 48.0 Å². The number of benzene rings is 2. The van der Waals surface area contributed by atoms with E-state index < -0.39 is 5.82 Å². The fourth-order valence-corrected chi connectivity index (χ4v) is 2.20. The van der Waals surface area contributed by atoms with Crippen molar-refractivity contribution in [3.8, 4) is 0 Å². The van der Waals surface area contributed by atoms with E-state index in [9.17, 15) is 13.6 Å². The second kappa shape index (κ2) is 7.48. The Kier molecular flexibility index (Phi) is 4.94. The third kappa shape index (κ3) is 4.81. The number of nitrogens with one attached hydrogen (secondary N) is 2. The van der Waals surface area contributed by atoms with Crippen LogP contribution in [0.1, 0.15) is 5.56 Å². The SMILES string of the molecule is O=C(Cc1cccc(F)c1)Nc1ccc(Nc2cccc(F)c2)nn1. The van der Waals surface area contributed by atoms with Crippen LogP contribution in [0.4, 0.5) is 26.1 Å². The van der Waals surface area contributed by atoms with E-state index in [1.165, 1.54) is 24.3 Å². The lowest BCUT2D eigenvalue weighted by atomic mass is 10.1. The lowest BCUT2D eigenvalue weighted by molar-refractivity contribution is -0.115. The quantitative estimate of drug-likeness (QED) is 0.743. The van der Waals surface area contributed by atoms with Gasteiger partial charge in [-0.3, -0.25) is 4.79 Å². The van der Waals surface area contributed by atoms with Gasteiger partial charge in [0.2, 0.25) is 5.91 Å². The first kappa shape index (κ1) is 16.5. The molecule has 0 bridgehead atoms. The van der Waals surface area contributed by atoms with Crippen LogP contribution >= 0.6 is 0 Å². The highest BCUT2D eigenvalue weighted by molar-refractivity contribution is 5.91. The Morgan fingerprint density at radius 2 is 1.56 bits per heavy atom. The van der Waals surface area contributed by atoms with Crippen LogP contribution in [0.15, 0.2) is 60.7 Å². The van der Waals surface area contributed by atoms with Gasteiger partial charge in [0.1, 0.15) is 11.6 Å². The molecule has 2 aromatic carbocycles. The van der Waals surface area contributed by atoms with Crippen LogP contribution in [-0.4, -0.2) is 16.1 Å². The van der Waals surface area contributed by atoms with Crippen molar-refractivity contribution in [1.29, 1.82) is 0 Å². The van der Waals surface area contributed by atoms with Crippen LogP contribution in [-0.2, 0) is 11.2 Å². The van der Waals surface area contributed by atoms with E-state index in [1.807, 2.05) is 0 Å². The minimum atomic E-state index is -0.391. The van der Waals surface area contributed by atoms with Crippen molar-refractivity contribution < 1.29 is 13.6 Å². The van der Waals surface area contributed by atoms with Gasteiger partial charge < -0.3 is 10.6 Å². The number of nitrogens with zero attached hydrogens (tertiary/aromatic N) is 2. The Hall–Kier alpha value is -3.35. The van der Waals surface area contributed by atoms with Gasteiger partial charge >= 0.3 is 0 Å². The van der Waals surface area contributed by atoms with E-state index in [1.54, 1.807) is 36.4 Å². The van der Waals surface area contributed by atoms with E-state index in [4.69, 9.17) is 0 Å². The number of rotatable bonds is 5. The highest BCUT2D eigenvalue weighted by atomic mass is 19.1. The van der Waals surface area contributed by atoms with Gasteiger partial charge in [-0.15, -0.1) is 10.2 Å². The molecule has 3 aromatic rings. The predicted octanol–water partition coefficient (Wildman–Crippen LogP) is 3.68. The van der Waals surface area contributed by atoms with Gasteiger partial charge in [0.15, 0.2) is 11.6 Å². The third-order valence-electron chi connectivity index (χ3n) is 3.28. The molecular formula is C18H14F2N4O. The Labute approximate surface area is 142 Å². The summed E-state index contributed by atoms with van der Waals surface area (Å²) in [7, 11) is 0. The Morgan fingerprint density at radius 1 is 0.880 bits per heavy atom. The molecule has 0 unspecified atom stereocenters. The van der Waals surface area contributed by atoms with Gasteiger partial charge in [-0.2, -0.15) is 0 Å². The highest BCUT2D eigenvalue weighted by Gasteiger charge is 2.07. The molecule has 0 saturated heterocycles. The maximum atomic E-state index is 13.1. The minimum absolute atomic E-state index is 0.0305. The first-order valence-corrected chi connectivity index (χ1v) is 7.49. The summed E-state index contributed by atoms with van der Waals surface area (Å²) in [6.07, 6.45) is 0.0305. The molecule has 0 saturated carbocycles. The molecule has 0 atom stereocenters. The number of aromatic nitrogens is 2. The Balaban J connectivity index is 1.59. The maximum Gasteiger partial charge on any atom is 0.229 e. The second-order valence-electron chi connectivity index (χ2n) is 5.29. The Morgan fingerprint density at radius 3 is 2.24 bits per heavy atom. The molecule has 0 fully saturated rings. The van der Waals surface area contributed by atoms with Gasteiger partial charge in [0.25, 0.3) is 0 Å². The van der Waals surface area contributed by atoms with Gasteiger partial charge in [0, 0.05) is 5.69 Å². The molecule has 5 nitrogen and oxygen atoms in total. The molecule has 1 aromatic heterocycles. The van der Waals surface area contributed by atoms with Crippen LogP contribution in [0.5, 0.6) is 0 Å². The zero-order chi connectivity index (χ0) is 17.6. The molecule has 126 valence electrons. The largest absolute Gasteiger partial charge is 0.339 e. The van der Waals surface area contributed by atoms with Crippen molar-refractivity contribution in [3.05, 3.63) is 77.9 Å². The number of hydrogen-bond acceptors (Lipinski definition) is 4. The first-order chi connectivity index (χ1) is 12.1. The number of amides is 1. The van der Waals surface area contributed by atoms with Gasteiger partial charge in [0.05, 0.1) is 6.42 Å². The molecule has 0 radical (unpaired) electrons. The lowest BCUT2D eigenvalue weighted by Crippen LogP contribution is -2.15. The van der Waals surface area contributed by atoms with Crippen molar-refractivity contribution in [1.82, 2.24) is 10.2 Å². The lowest BCUT2D eigenvalue weighted by Gasteiger charge is -2.07. The van der Waals surface area contributed by atoms with Gasteiger partial charge in [-0.1, -0.05) is 18.2 Å². The van der Waals surface area contributed by atoms with Gasteiger partial charge in [-0.25, -0.2) is 8.78 Å². The van der Waals surface area contributed by atoms with Crippen LogP contribution in [0.2, 0.25) is 0 Å². The zero-order valence-corrected chi connectivity index (χ0v) is 13.0. The Bertz CT molecular complexity index is 884. The summed E-state index contributed by atoms with van der Waals surface area (Å²) in [6.45, 7) is 0. The van der Waals surface area contributed by atoms with E-state index in [0.29, 0.717) is 17.1 Å². The fourth-order valence-electron chi connectivity index (χ4n) is 2.20. The van der Waals surface area contributed by atoms with Crippen molar-refractivity contribution in [2.24, 2.45) is 0 Å². The molecule has 2 N–H and O–H groups in total. The normalized spacial score (nSPS) is 10.3. The first-order valence-electron chi connectivity index (χ1n) is 7.49. The number of anilines is 3. The smallest absolute Gasteiger partial charge is 0.229 e. The molecule has 25 heavy (non-hydrogen) atoms. The summed E-state index contributed by atoms with van der Waals surface area (Å²) < 4.78 is 26.2. The van der Waals surface area contributed by atoms with Crippen molar-refractivity contribution in [2.75, 3.05) is 10.6 Å². The molecule has 0 spiro atoms. The number of carbonyl (C=O) groups excluding carboxylic acids is 1. The monoisotopic (exact) mass is 340 g/mol. The molecule has 7 heteroatoms. The molecule has 0 aliphatic heterocycles.